The van der Waals surface area contributed by atoms with Crippen LogP contribution in [0.5, 0.6) is 5.75 Å². The number of β-amino-alcohol motifs (C(OH)–C–C–N with tert-alkyl or cyclic N) is 1. The lowest BCUT2D eigenvalue weighted by molar-refractivity contribution is -0.130. The Labute approximate surface area is 240 Å². The van der Waals surface area contributed by atoms with Gasteiger partial charge >= 0.3 is 0 Å². The van der Waals surface area contributed by atoms with Crippen molar-refractivity contribution in [3.63, 3.8) is 0 Å². The molecule has 0 bridgehead atoms. The van der Waals surface area contributed by atoms with Gasteiger partial charge in [0.1, 0.15) is 5.75 Å². The molecule has 2 aliphatic rings. The highest BCUT2D eigenvalue weighted by molar-refractivity contribution is 8.00. The maximum Gasteiger partial charge on any atom is 0.252 e. The summed E-state index contributed by atoms with van der Waals surface area (Å²) in [5.41, 5.74) is 0.532. The third kappa shape index (κ3) is 7.93. The van der Waals surface area contributed by atoms with E-state index in [-0.39, 0.29) is 35.7 Å². The largest absolute Gasteiger partial charge is 0.508 e. The number of carbonyl (C=O) groups is 2. The number of thioether (sulfide) groups is 2. The fourth-order valence-corrected chi connectivity index (χ4v) is 7.90. The maximum atomic E-state index is 13.4. The monoisotopic (exact) mass is 571 g/mol. The van der Waals surface area contributed by atoms with Crippen molar-refractivity contribution < 1.29 is 19.8 Å². The van der Waals surface area contributed by atoms with E-state index in [0.29, 0.717) is 28.0 Å². The number of phenols is 1. The summed E-state index contributed by atoms with van der Waals surface area (Å²) in [6.45, 7) is 8.70. The SMILES string of the molecule is Cc1c(O)cccc1C(=O)NC(CSc1ccccc1)C(O)CN1CC2CCSC2C[C@H]1C(=O)NC(C)(C)C. The van der Waals surface area contributed by atoms with E-state index in [9.17, 15) is 19.8 Å². The number of piperidine rings is 1. The third-order valence-electron chi connectivity index (χ3n) is 7.44. The van der Waals surface area contributed by atoms with Gasteiger partial charge in [-0.15, -0.1) is 11.8 Å². The second-order valence-corrected chi connectivity index (χ2v) is 14.1. The number of aliphatic hydroxyl groups excluding tert-OH is 1. The van der Waals surface area contributed by atoms with Crippen molar-refractivity contribution in [2.45, 2.75) is 74.4 Å². The second kappa shape index (κ2) is 13.0. The van der Waals surface area contributed by atoms with Crippen molar-refractivity contribution in [1.29, 1.82) is 0 Å². The summed E-state index contributed by atoms with van der Waals surface area (Å²) < 4.78 is 0. The number of nitrogens with zero attached hydrogens (tertiary/aromatic N) is 1. The number of carbonyl (C=O) groups excluding carboxylic acids is 2. The Morgan fingerprint density at radius 3 is 2.62 bits per heavy atom. The average Bonchev–Trinajstić information content (AvgIpc) is 3.34. The van der Waals surface area contributed by atoms with Gasteiger partial charge < -0.3 is 20.8 Å². The van der Waals surface area contributed by atoms with Crippen LogP contribution >= 0.6 is 23.5 Å². The molecule has 0 saturated carbocycles. The summed E-state index contributed by atoms with van der Waals surface area (Å²) in [5, 5.41) is 28.3. The summed E-state index contributed by atoms with van der Waals surface area (Å²) in [4.78, 5) is 29.8. The molecule has 2 aromatic carbocycles. The smallest absolute Gasteiger partial charge is 0.252 e. The van der Waals surface area contributed by atoms with Gasteiger partial charge in [-0.05, 0) is 76.5 Å². The zero-order valence-electron chi connectivity index (χ0n) is 23.2. The fourth-order valence-electron chi connectivity index (χ4n) is 5.32. The molecule has 2 heterocycles. The third-order valence-corrected chi connectivity index (χ3v) is 10.0. The zero-order chi connectivity index (χ0) is 28.2. The molecule has 4 N–H and O–H groups in total. The van der Waals surface area contributed by atoms with Gasteiger partial charge in [0.05, 0.1) is 18.2 Å². The van der Waals surface area contributed by atoms with Gasteiger partial charge in [-0.2, -0.15) is 11.8 Å². The summed E-state index contributed by atoms with van der Waals surface area (Å²) in [5.74, 6) is 1.79. The van der Waals surface area contributed by atoms with Crippen molar-refractivity contribution in [3.05, 3.63) is 59.7 Å². The van der Waals surface area contributed by atoms with Crippen LogP contribution in [-0.2, 0) is 4.79 Å². The topological polar surface area (TPSA) is 102 Å². The Hall–Kier alpha value is -2.20. The van der Waals surface area contributed by atoms with Crippen molar-refractivity contribution in [3.8, 4) is 5.75 Å². The van der Waals surface area contributed by atoms with E-state index in [1.165, 1.54) is 0 Å². The number of hydrogen-bond acceptors (Lipinski definition) is 7. The molecule has 0 radical (unpaired) electrons. The van der Waals surface area contributed by atoms with E-state index in [1.54, 1.807) is 36.9 Å². The molecule has 39 heavy (non-hydrogen) atoms. The van der Waals surface area contributed by atoms with Crippen LogP contribution in [0.15, 0.2) is 53.4 Å². The molecular formula is C30H41N3O4S2. The predicted molar refractivity (Wildman–Crippen MR) is 159 cm³/mol. The highest BCUT2D eigenvalue weighted by atomic mass is 32.2. The summed E-state index contributed by atoms with van der Waals surface area (Å²) in [7, 11) is 0. The molecule has 2 saturated heterocycles. The second-order valence-electron chi connectivity index (χ2n) is 11.6. The zero-order valence-corrected chi connectivity index (χ0v) is 24.9. The van der Waals surface area contributed by atoms with Gasteiger partial charge in [0.25, 0.3) is 5.91 Å². The number of amides is 2. The minimum absolute atomic E-state index is 0.00437. The molecule has 5 atom stereocenters. The van der Waals surface area contributed by atoms with E-state index in [1.807, 2.05) is 62.9 Å². The normalized spacial score (nSPS) is 23.1. The first-order chi connectivity index (χ1) is 18.5. The van der Waals surface area contributed by atoms with Crippen LogP contribution in [0.3, 0.4) is 0 Å². The first-order valence-corrected chi connectivity index (χ1v) is 15.7. The first kappa shape index (κ1) is 29.8. The Morgan fingerprint density at radius 1 is 1.15 bits per heavy atom. The van der Waals surface area contributed by atoms with Crippen LogP contribution in [0, 0.1) is 12.8 Å². The van der Waals surface area contributed by atoms with Crippen LogP contribution in [0.25, 0.3) is 0 Å². The van der Waals surface area contributed by atoms with Crippen LogP contribution in [0.2, 0.25) is 0 Å². The van der Waals surface area contributed by atoms with Crippen LogP contribution in [0.1, 0.15) is 49.5 Å². The Kier molecular flexibility index (Phi) is 9.91. The van der Waals surface area contributed by atoms with Crippen molar-refractivity contribution in [1.82, 2.24) is 15.5 Å². The number of rotatable bonds is 9. The van der Waals surface area contributed by atoms with Gasteiger partial charge in [0.2, 0.25) is 5.91 Å². The lowest BCUT2D eigenvalue weighted by Gasteiger charge is -2.43. The maximum absolute atomic E-state index is 13.4. The van der Waals surface area contributed by atoms with Gasteiger partial charge in [-0.1, -0.05) is 24.3 Å². The van der Waals surface area contributed by atoms with Crippen LogP contribution in [-0.4, -0.2) is 80.5 Å². The van der Waals surface area contributed by atoms with E-state index in [2.05, 4.69) is 15.5 Å². The van der Waals surface area contributed by atoms with Crippen LogP contribution in [0.4, 0.5) is 0 Å². The molecule has 4 unspecified atom stereocenters. The molecule has 0 aliphatic carbocycles. The lowest BCUT2D eigenvalue weighted by atomic mass is 9.89. The number of fused-ring (bicyclic) bond motifs is 1. The fraction of sp³-hybridized carbons (Fsp3) is 0.533. The van der Waals surface area contributed by atoms with Crippen LogP contribution < -0.4 is 10.6 Å². The molecule has 212 valence electrons. The first-order valence-electron chi connectivity index (χ1n) is 13.6. The summed E-state index contributed by atoms with van der Waals surface area (Å²) >= 11 is 3.53. The Balaban J connectivity index is 1.53. The molecular weight excluding hydrogens is 530 g/mol. The van der Waals surface area contributed by atoms with E-state index in [4.69, 9.17) is 0 Å². The molecule has 2 aromatic rings. The number of aliphatic hydroxyl groups is 1. The minimum Gasteiger partial charge on any atom is -0.508 e. The van der Waals surface area contributed by atoms with E-state index < -0.39 is 12.1 Å². The standard InChI is InChI=1S/C30H41N3O4S2/c1-19-22(11-8-12-25(19)34)28(36)31-23(18-39-21-9-6-5-7-10-21)26(35)17-33-16-20-13-14-38-27(20)15-24(33)29(37)32-30(2,3)4/h5-12,20,23-24,26-27,34-35H,13-18H2,1-4H3,(H,31,36)(H,32,37)/t20?,23?,24-,26?,27?/m0/s1. The average molecular weight is 572 g/mol. The molecule has 4 rings (SSSR count). The Bertz CT molecular complexity index is 1140. The van der Waals surface area contributed by atoms with E-state index >= 15 is 0 Å². The molecule has 9 heteroatoms. The highest BCUT2D eigenvalue weighted by Gasteiger charge is 2.43. The molecule has 7 nitrogen and oxygen atoms in total. The lowest BCUT2D eigenvalue weighted by Crippen LogP contribution is -2.60. The summed E-state index contributed by atoms with van der Waals surface area (Å²) in [6.07, 6.45) is 0.997. The van der Waals surface area contributed by atoms with Crippen molar-refractivity contribution in [2.75, 3.05) is 24.6 Å². The number of aromatic hydroxyl groups is 1. The van der Waals surface area contributed by atoms with Gasteiger partial charge in [-0.3, -0.25) is 14.5 Å². The molecule has 2 aliphatic heterocycles. The number of benzene rings is 2. The van der Waals surface area contributed by atoms with Gasteiger partial charge in [0.15, 0.2) is 0 Å². The molecule has 0 aromatic heterocycles. The van der Waals surface area contributed by atoms with Gasteiger partial charge in [-0.25, -0.2) is 0 Å². The van der Waals surface area contributed by atoms with E-state index in [0.717, 1.165) is 30.0 Å². The molecule has 2 amide bonds. The number of phenolic OH excluding ortho intramolecular Hbond substituents is 1. The number of likely N-dealkylation sites (tertiary alicyclic amines) is 1. The molecule has 0 spiro atoms. The number of nitrogens with one attached hydrogen (secondary N) is 2. The highest BCUT2D eigenvalue weighted by Crippen LogP contribution is 2.40. The Morgan fingerprint density at radius 2 is 1.90 bits per heavy atom. The predicted octanol–water partition coefficient (Wildman–Crippen LogP) is 4.06. The molecule has 2 fully saturated rings. The minimum atomic E-state index is -0.890. The van der Waals surface area contributed by atoms with Crippen molar-refractivity contribution in [2.24, 2.45) is 5.92 Å². The number of hydrogen-bond donors (Lipinski definition) is 4. The van der Waals surface area contributed by atoms with Gasteiger partial charge in [0, 0.05) is 45.7 Å². The summed E-state index contributed by atoms with van der Waals surface area (Å²) in [6, 6.07) is 13.9. The quantitative estimate of drug-likeness (QED) is 0.337. The van der Waals surface area contributed by atoms with Crippen molar-refractivity contribution >= 4 is 35.3 Å².